The number of carbonyl (C=O) groups excluding carboxylic acids is 1. The van der Waals surface area contributed by atoms with Gasteiger partial charge in [0.25, 0.3) is 5.91 Å². The Balaban J connectivity index is 2.59. The number of thiophene rings is 1. The largest absolute Gasteiger partial charge is 0.395 e. The van der Waals surface area contributed by atoms with Crippen molar-refractivity contribution in [3.05, 3.63) is 21.9 Å². The standard InChI is InChI=1S/C13H17NO3S2/c1-10(9-19(2)17)14-13(16)12-7-6-11(18-12)5-3-4-8-15/h6-7,10,15H,4,8-9H2,1-2H3,(H,14,16). The summed E-state index contributed by atoms with van der Waals surface area (Å²) in [6, 6.07) is 3.38. The van der Waals surface area contributed by atoms with E-state index in [0.717, 1.165) is 4.88 Å². The van der Waals surface area contributed by atoms with Crippen molar-refractivity contribution in [3.8, 4) is 11.8 Å². The van der Waals surface area contributed by atoms with Crippen LogP contribution in [0.15, 0.2) is 12.1 Å². The third kappa shape index (κ3) is 6.01. The van der Waals surface area contributed by atoms with Gasteiger partial charge in [-0.05, 0) is 19.1 Å². The highest BCUT2D eigenvalue weighted by molar-refractivity contribution is 7.84. The van der Waals surface area contributed by atoms with Crippen molar-refractivity contribution in [3.63, 3.8) is 0 Å². The molecule has 0 aliphatic rings. The van der Waals surface area contributed by atoms with Crippen molar-refractivity contribution in [1.29, 1.82) is 0 Å². The van der Waals surface area contributed by atoms with Crippen LogP contribution in [0.25, 0.3) is 0 Å². The normalized spacial score (nSPS) is 13.2. The summed E-state index contributed by atoms with van der Waals surface area (Å²) in [4.78, 5) is 13.3. The van der Waals surface area contributed by atoms with Crippen LogP contribution in [-0.4, -0.2) is 39.9 Å². The first kappa shape index (κ1) is 15.9. The topological polar surface area (TPSA) is 66.4 Å². The van der Waals surface area contributed by atoms with Gasteiger partial charge >= 0.3 is 0 Å². The first-order chi connectivity index (χ1) is 9.02. The van der Waals surface area contributed by atoms with Crippen LogP contribution in [0.2, 0.25) is 0 Å². The van der Waals surface area contributed by atoms with Gasteiger partial charge < -0.3 is 10.4 Å². The second-order valence-electron chi connectivity index (χ2n) is 4.05. The second-order valence-corrected chi connectivity index (χ2v) is 6.62. The first-order valence-electron chi connectivity index (χ1n) is 5.83. The molecule has 104 valence electrons. The van der Waals surface area contributed by atoms with Crippen molar-refractivity contribution in [2.75, 3.05) is 18.6 Å². The van der Waals surface area contributed by atoms with Gasteiger partial charge in [-0.3, -0.25) is 9.00 Å². The molecule has 1 aromatic heterocycles. The number of hydrogen-bond donors (Lipinski definition) is 2. The lowest BCUT2D eigenvalue weighted by Gasteiger charge is -2.10. The summed E-state index contributed by atoms with van der Waals surface area (Å²) in [6.45, 7) is 1.87. The molecule has 1 heterocycles. The molecule has 2 unspecified atom stereocenters. The third-order valence-corrected chi connectivity index (χ3v) is 4.11. The van der Waals surface area contributed by atoms with Crippen LogP contribution in [0.3, 0.4) is 0 Å². The van der Waals surface area contributed by atoms with Gasteiger partial charge in [-0.1, -0.05) is 11.8 Å². The van der Waals surface area contributed by atoms with Crippen molar-refractivity contribution in [1.82, 2.24) is 5.32 Å². The first-order valence-corrected chi connectivity index (χ1v) is 8.37. The van der Waals surface area contributed by atoms with Gasteiger partial charge in [0.1, 0.15) is 0 Å². The summed E-state index contributed by atoms with van der Waals surface area (Å²) >= 11 is 1.31. The molecule has 0 aliphatic heterocycles. The van der Waals surface area contributed by atoms with Crippen molar-refractivity contribution < 1.29 is 14.1 Å². The lowest BCUT2D eigenvalue weighted by atomic mass is 10.3. The Morgan fingerprint density at radius 1 is 1.58 bits per heavy atom. The Hall–Kier alpha value is -1.16. The summed E-state index contributed by atoms with van der Waals surface area (Å²) in [6.07, 6.45) is 2.04. The highest BCUT2D eigenvalue weighted by Crippen LogP contribution is 2.15. The number of rotatable bonds is 5. The minimum absolute atomic E-state index is 0.0391. The maximum atomic E-state index is 11.9. The molecule has 0 radical (unpaired) electrons. The molecule has 6 heteroatoms. The number of hydrogen-bond acceptors (Lipinski definition) is 4. The Labute approximate surface area is 119 Å². The molecule has 0 aromatic carbocycles. The maximum absolute atomic E-state index is 11.9. The van der Waals surface area contributed by atoms with E-state index in [1.54, 1.807) is 18.4 Å². The molecule has 2 N–H and O–H groups in total. The maximum Gasteiger partial charge on any atom is 0.261 e. The summed E-state index contributed by atoms with van der Waals surface area (Å²) in [7, 11) is -0.926. The van der Waals surface area contributed by atoms with Crippen LogP contribution in [0.1, 0.15) is 27.9 Å². The van der Waals surface area contributed by atoms with Crippen LogP contribution in [0.4, 0.5) is 0 Å². The van der Waals surface area contributed by atoms with Crippen LogP contribution in [0.5, 0.6) is 0 Å². The molecule has 1 amide bonds. The molecule has 2 atom stereocenters. The van der Waals surface area contributed by atoms with Crippen molar-refractivity contribution >= 4 is 28.0 Å². The van der Waals surface area contributed by atoms with Gasteiger partial charge in [0.2, 0.25) is 0 Å². The van der Waals surface area contributed by atoms with E-state index in [9.17, 15) is 9.00 Å². The van der Waals surface area contributed by atoms with Gasteiger partial charge in [0, 0.05) is 35.3 Å². The van der Waals surface area contributed by atoms with Crippen LogP contribution < -0.4 is 5.32 Å². The zero-order chi connectivity index (χ0) is 14.3. The van der Waals surface area contributed by atoms with E-state index in [1.807, 2.05) is 6.92 Å². The average molecular weight is 299 g/mol. The van der Waals surface area contributed by atoms with Crippen LogP contribution >= 0.6 is 11.3 Å². The van der Waals surface area contributed by atoms with Gasteiger partial charge in [-0.25, -0.2) is 0 Å². The fourth-order valence-electron chi connectivity index (χ4n) is 1.42. The number of aliphatic hydroxyl groups is 1. The molecule has 0 spiro atoms. The molecular weight excluding hydrogens is 282 g/mol. The summed E-state index contributed by atoms with van der Waals surface area (Å²) in [5.41, 5.74) is 0. The second kappa shape index (κ2) is 8.10. The fraction of sp³-hybridized carbons (Fsp3) is 0.462. The lowest BCUT2D eigenvalue weighted by Crippen LogP contribution is -2.35. The molecule has 0 bridgehead atoms. The minimum atomic E-state index is -0.926. The Morgan fingerprint density at radius 2 is 2.32 bits per heavy atom. The Bertz CT molecular complexity index is 513. The summed E-state index contributed by atoms with van der Waals surface area (Å²) in [5.74, 6) is 5.97. The quantitative estimate of drug-likeness (QED) is 0.797. The van der Waals surface area contributed by atoms with Gasteiger partial charge in [-0.2, -0.15) is 0 Å². The molecule has 0 fully saturated rings. The summed E-state index contributed by atoms with van der Waals surface area (Å²) in [5, 5.41) is 11.4. The van der Waals surface area contributed by atoms with Crippen molar-refractivity contribution in [2.45, 2.75) is 19.4 Å². The third-order valence-electron chi connectivity index (χ3n) is 2.14. The molecule has 0 aliphatic carbocycles. The SMILES string of the molecule is CC(CS(C)=O)NC(=O)c1ccc(C#CCCO)s1. The predicted molar refractivity (Wildman–Crippen MR) is 78.8 cm³/mol. The molecule has 0 saturated carbocycles. The van der Waals surface area contributed by atoms with Crippen LogP contribution in [-0.2, 0) is 10.8 Å². The smallest absolute Gasteiger partial charge is 0.261 e. The summed E-state index contributed by atoms with van der Waals surface area (Å²) < 4.78 is 11.0. The monoisotopic (exact) mass is 299 g/mol. The van der Waals surface area contributed by atoms with E-state index >= 15 is 0 Å². The zero-order valence-corrected chi connectivity index (χ0v) is 12.6. The van der Waals surface area contributed by atoms with Gasteiger partial charge in [0.15, 0.2) is 0 Å². The number of amides is 1. The van der Waals surface area contributed by atoms with E-state index in [2.05, 4.69) is 17.2 Å². The Kier molecular flexibility index (Phi) is 6.78. The van der Waals surface area contributed by atoms with E-state index in [4.69, 9.17) is 5.11 Å². The highest BCUT2D eigenvalue weighted by Gasteiger charge is 2.12. The Morgan fingerprint density at radius 3 is 2.95 bits per heavy atom. The minimum Gasteiger partial charge on any atom is -0.395 e. The molecule has 4 nitrogen and oxygen atoms in total. The van der Waals surface area contributed by atoms with Crippen molar-refractivity contribution in [2.24, 2.45) is 0 Å². The molecular formula is C13H17NO3S2. The van der Waals surface area contributed by atoms with E-state index < -0.39 is 10.8 Å². The van der Waals surface area contributed by atoms with E-state index in [-0.39, 0.29) is 18.6 Å². The number of aliphatic hydroxyl groups excluding tert-OH is 1. The lowest BCUT2D eigenvalue weighted by molar-refractivity contribution is 0.0948. The van der Waals surface area contributed by atoms with Gasteiger partial charge in [-0.15, -0.1) is 11.3 Å². The van der Waals surface area contributed by atoms with E-state index in [1.165, 1.54) is 11.3 Å². The molecule has 1 rings (SSSR count). The predicted octanol–water partition coefficient (Wildman–Crippen LogP) is 0.979. The zero-order valence-electron chi connectivity index (χ0n) is 10.9. The highest BCUT2D eigenvalue weighted by atomic mass is 32.2. The molecule has 0 saturated heterocycles. The average Bonchev–Trinajstić information content (AvgIpc) is 2.77. The van der Waals surface area contributed by atoms with Gasteiger partial charge in [0.05, 0.1) is 16.4 Å². The van der Waals surface area contributed by atoms with Crippen LogP contribution in [0, 0.1) is 11.8 Å². The van der Waals surface area contributed by atoms with E-state index in [0.29, 0.717) is 17.1 Å². The molecule has 19 heavy (non-hydrogen) atoms. The molecule has 1 aromatic rings. The number of nitrogens with one attached hydrogen (secondary N) is 1. The number of carbonyl (C=O) groups is 1. The fourth-order valence-corrected chi connectivity index (χ4v) is 2.99.